The standard InChI is InChI=1S/C10H6F2N2/c11-9-6-8(10(12)14-13-9)7-4-2-1-3-5-7/h1-6H. The highest BCUT2D eigenvalue weighted by molar-refractivity contribution is 5.62. The first-order valence-electron chi connectivity index (χ1n) is 4.01. The zero-order valence-electron chi connectivity index (χ0n) is 7.11. The van der Waals surface area contributed by atoms with Crippen LogP contribution in [0, 0.1) is 11.9 Å². The monoisotopic (exact) mass is 192 g/mol. The zero-order valence-corrected chi connectivity index (χ0v) is 7.11. The van der Waals surface area contributed by atoms with Gasteiger partial charge in [0, 0.05) is 11.6 Å². The Labute approximate surface area is 79.2 Å². The van der Waals surface area contributed by atoms with Crippen molar-refractivity contribution in [3.05, 3.63) is 48.3 Å². The van der Waals surface area contributed by atoms with Crippen LogP contribution in [0.3, 0.4) is 0 Å². The molecule has 2 nitrogen and oxygen atoms in total. The lowest BCUT2D eigenvalue weighted by molar-refractivity contribution is 0.510. The van der Waals surface area contributed by atoms with Crippen LogP contribution in [0.25, 0.3) is 11.1 Å². The summed E-state index contributed by atoms with van der Waals surface area (Å²) >= 11 is 0. The van der Waals surface area contributed by atoms with Crippen LogP contribution < -0.4 is 0 Å². The molecule has 0 saturated carbocycles. The van der Waals surface area contributed by atoms with Crippen LogP contribution in [0.2, 0.25) is 0 Å². The van der Waals surface area contributed by atoms with E-state index in [9.17, 15) is 8.78 Å². The summed E-state index contributed by atoms with van der Waals surface area (Å²) in [6, 6.07) is 9.67. The van der Waals surface area contributed by atoms with Crippen LogP contribution in [0.15, 0.2) is 36.4 Å². The predicted octanol–water partition coefficient (Wildman–Crippen LogP) is 2.42. The number of hydrogen-bond acceptors (Lipinski definition) is 2. The number of nitrogens with zero attached hydrogens (tertiary/aromatic N) is 2. The molecule has 0 N–H and O–H groups in total. The van der Waals surface area contributed by atoms with Crippen LogP contribution in [0.1, 0.15) is 0 Å². The van der Waals surface area contributed by atoms with Crippen molar-refractivity contribution in [2.45, 2.75) is 0 Å². The van der Waals surface area contributed by atoms with Crippen molar-refractivity contribution >= 4 is 0 Å². The Morgan fingerprint density at radius 3 is 2.36 bits per heavy atom. The van der Waals surface area contributed by atoms with Crippen LogP contribution in [0.4, 0.5) is 8.78 Å². The van der Waals surface area contributed by atoms with Crippen molar-refractivity contribution in [2.75, 3.05) is 0 Å². The van der Waals surface area contributed by atoms with E-state index in [2.05, 4.69) is 10.2 Å². The van der Waals surface area contributed by atoms with Crippen molar-refractivity contribution in [3.63, 3.8) is 0 Å². The Morgan fingerprint density at radius 2 is 1.64 bits per heavy atom. The maximum absolute atomic E-state index is 13.1. The predicted molar refractivity (Wildman–Crippen MR) is 47.4 cm³/mol. The summed E-state index contributed by atoms with van der Waals surface area (Å²) in [6.45, 7) is 0. The summed E-state index contributed by atoms with van der Waals surface area (Å²) in [5, 5.41) is 6.04. The molecule has 0 radical (unpaired) electrons. The smallest absolute Gasteiger partial charge is 0.183 e. The molecule has 0 spiro atoms. The molecular weight excluding hydrogens is 186 g/mol. The molecule has 70 valence electrons. The Kier molecular flexibility index (Phi) is 2.18. The molecule has 0 aliphatic heterocycles. The van der Waals surface area contributed by atoms with Gasteiger partial charge < -0.3 is 0 Å². The van der Waals surface area contributed by atoms with Gasteiger partial charge in [-0.15, -0.1) is 10.2 Å². The molecule has 1 aromatic carbocycles. The van der Waals surface area contributed by atoms with Gasteiger partial charge in [-0.3, -0.25) is 0 Å². The first-order valence-corrected chi connectivity index (χ1v) is 4.01. The van der Waals surface area contributed by atoms with Crippen molar-refractivity contribution in [1.82, 2.24) is 10.2 Å². The third-order valence-corrected chi connectivity index (χ3v) is 1.80. The van der Waals surface area contributed by atoms with Gasteiger partial charge in [-0.2, -0.15) is 8.78 Å². The summed E-state index contributed by atoms with van der Waals surface area (Å²) in [6.07, 6.45) is 0. The molecule has 2 aromatic rings. The van der Waals surface area contributed by atoms with Gasteiger partial charge in [-0.25, -0.2) is 0 Å². The average Bonchev–Trinajstić information content (AvgIpc) is 2.23. The van der Waals surface area contributed by atoms with Crippen molar-refractivity contribution < 1.29 is 8.78 Å². The minimum atomic E-state index is -0.787. The largest absolute Gasteiger partial charge is 0.241 e. The summed E-state index contributed by atoms with van der Waals surface area (Å²) < 4.78 is 25.8. The summed E-state index contributed by atoms with van der Waals surface area (Å²) in [5.74, 6) is -1.55. The van der Waals surface area contributed by atoms with E-state index < -0.39 is 11.9 Å². The van der Waals surface area contributed by atoms with E-state index in [1.165, 1.54) is 0 Å². The summed E-state index contributed by atoms with van der Waals surface area (Å²) in [4.78, 5) is 0. The Morgan fingerprint density at radius 1 is 0.929 bits per heavy atom. The van der Waals surface area contributed by atoms with Gasteiger partial charge in [0.2, 0.25) is 11.9 Å². The molecule has 0 bridgehead atoms. The SMILES string of the molecule is Fc1cc(-c2ccccc2)c(F)nn1. The molecule has 0 fully saturated rings. The molecule has 0 amide bonds. The number of halogens is 2. The van der Waals surface area contributed by atoms with E-state index in [0.717, 1.165) is 6.07 Å². The second-order valence-corrected chi connectivity index (χ2v) is 2.74. The average molecular weight is 192 g/mol. The van der Waals surface area contributed by atoms with E-state index in [-0.39, 0.29) is 5.56 Å². The first-order chi connectivity index (χ1) is 6.77. The molecule has 0 aliphatic carbocycles. The number of hydrogen-bond donors (Lipinski definition) is 0. The Hall–Kier alpha value is -1.84. The van der Waals surface area contributed by atoms with E-state index in [1.807, 2.05) is 0 Å². The Bertz CT molecular complexity index is 443. The molecule has 1 heterocycles. The van der Waals surface area contributed by atoms with E-state index in [1.54, 1.807) is 30.3 Å². The van der Waals surface area contributed by atoms with Gasteiger partial charge in [0.1, 0.15) is 0 Å². The lowest BCUT2D eigenvalue weighted by atomic mass is 10.1. The van der Waals surface area contributed by atoms with Crippen LogP contribution in [-0.2, 0) is 0 Å². The molecule has 0 atom stereocenters. The molecule has 0 aliphatic rings. The van der Waals surface area contributed by atoms with E-state index >= 15 is 0 Å². The molecule has 0 unspecified atom stereocenters. The minimum Gasteiger partial charge on any atom is -0.183 e. The molecular formula is C10H6F2N2. The molecule has 4 heteroatoms. The lowest BCUT2D eigenvalue weighted by Crippen LogP contribution is -1.95. The summed E-state index contributed by atoms with van der Waals surface area (Å²) in [5.41, 5.74) is 0.705. The fraction of sp³-hybridized carbons (Fsp3) is 0. The van der Waals surface area contributed by atoms with Gasteiger partial charge in [-0.05, 0) is 5.56 Å². The highest BCUT2D eigenvalue weighted by Crippen LogP contribution is 2.20. The summed E-state index contributed by atoms with van der Waals surface area (Å²) in [7, 11) is 0. The second kappa shape index (κ2) is 3.49. The van der Waals surface area contributed by atoms with Gasteiger partial charge in [0.05, 0.1) is 0 Å². The number of aromatic nitrogens is 2. The highest BCUT2D eigenvalue weighted by Gasteiger charge is 2.07. The van der Waals surface area contributed by atoms with Crippen LogP contribution >= 0.6 is 0 Å². The maximum atomic E-state index is 13.1. The van der Waals surface area contributed by atoms with Crippen molar-refractivity contribution in [2.24, 2.45) is 0 Å². The molecule has 0 saturated heterocycles. The second-order valence-electron chi connectivity index (χ2n) is 2.74. The third-order valence-electron chi connectivity index (χ3n) is 1.80. The van der Waals surface area contributed by atoms with E-state index in [0.29, 0.717) is 5.56 Å². The topological polar surface area (TPSA) is 25.8 Å². The number of benzene rings is 1. The van der Waals surface area contributed by atoms with Crippen molar-refractivity contribution in [1.29, 1.82) is 0 Å². The quantitative estimate of drug-likeness (QED) is 0.693. The van der Waals surface area contributed by atoms with Gasteiger partial charge in [0.25, 0.3) is 0 Å². The Balaban J connectivity index is 2.57. The normalized spacial score (nSPS) is 10.1. The third kappa shape index (κ3) is 1.59. The van der Waals surface area contributed by atoms with Gasteiger partial charge >= 0.3 is 0 Å². The van der Waals surface area contributed by atoms with Crippen LogP contribution in [0.5, 0.6) is 0 Å². The lowest BCUT2D eigenvalue weighted by Gasteiger charge is -2.00. The number of rotatable bonds is 1. The fourth-order valence-corrected chi connectivity index (χ4v) is 1.17. The fourth-order valence-electron chi connectivity index (χ4n) is 1.17. The highest BCUT2D eigenvalue weighted by atomic mass is 19.1. The van der Waals surface area contributed by atoms with E-state index in [4.69, 9.17) is 0 Å². The molecule has 14 heavy (non-hydrogen) atoms. The molecule has 2 rings (SSSR count). The molecule has 1 aromatic heterocycles. The first kappa shape index (κ1) is 8.74. The van der Waals surface area contributed by atoms with Crippen LogP contribution in [-0.4, -0.2) is 10.2 Å². The zero-order chi connectivity index (χ0) is 9.97. The van der Waals surface area contributed by atoms with Gasteiger partial charge in [-0.1, -0.05) is 30.3 Å². The minimum absolute atomic E-state index is 0.123. The van der Waals surface area contributed by atoms with Gasteiger partial charge in [0.15, 0.2) is 0 Å². The van der Waals surface area contributed by atoms with Crippen molar-refractivity contribution in [3.8, 4) is 11.1 Å². The maximum Gasteiger partial charge on any atom is 0.241 e.